The van der Waals surface area contributed by atoms with Crippen molar-refractivity contribution in [1.82, 2.24) is 9.66 Å². The molecule has 0 saturated carbocycles. The molecule has 0 unspecified atom stereocenters. The van der Waals surface area contributed by atoms with Crippen LogP contribution in [-0.2, 0) is 9.53 Å². The number of aromatic nitrogens is 2. The molecule has 1 heterocycles. The first-order valence-electron chi connectivity index (χ1n) is 10.4. The van der Waals surface area contributed by atoms with E-state index in [4.69, 9.17) is 9.47 Å². The van der Waals surface area contributed by atoms with Gasteiger partial charge in [-0.3, -0.25) is 4.79 Å². The van der Waals surface area contributed by atoms with Crippen molar-refractivity contribution in [1.29, 1.82) is 0 Å². The minimum Gasteiger partial charge on any atom is -0.478 e. The first kappa shape index (κ1) is 24.4. The standard InChI is InChI=1S/C24H27BrN4O4/c1-14(2)22-27-20-10-8-17(25)11-19(20)23(30)29(22)26-13-16-7-9-18(28(4)5)12-21(16)33-15(3)24(31)32-6/h7-15H,1-6H3/t15-/m1/s1. The second-order valence-corrected chi connectivity index (χ2v) is 8.96. The Hall–Kier alpha value is -3.20. The fourth-order valence-corrected chi connectivity index (χ4v) is 3.55. The lowest BCUT2D eigenvalue weighted by Crippen LogP contribution is -2.25. The van der Waals surface area contributed by atoms with Crippen LogP contribution in [0.15, 0.2) is 50.8 Å². The molecule has 0 saturated heterocycles. The SMILES string of the molecule is COC(=O)[C@@H](C)Oc1cc(N(C)C)ccc1C=Nn1c(C(C)C)nc2ccc(Br)cc2c1=O. The summed E-state index contributed by atoms with van der Waals surface area (Å²) in [5.41, 5.74) is 1.84. The largest absolute Gasteiger partial charge is 0.478 e. The average Bonchev–Trinajstić information content (AvgIpc) is 2.78. The van der Waals surface area contributed by atoms with Gasteiger partial charge in [0, 0.05) is 41.8 Å². The molecular weight excluding hydrogens is 488 g/mol. The number of benzene rings is 2. The molecule has 33 heavy (non-hydrogen) atoms. The lowest BCUT2D eigenvalue weighted by atomic mass is 10.1. The maximum Gasteiger partial charge on any atom is 0.346 e. The third-order valence-corrected chi connectivity index (χ3v) is 5.51. The molecule has 0 fully saturated rings. The van der Waals surface area contributed by atoms with Crippen LogP contribution in [0.4, 0.5) is 5.69 Å². The summed E-state index contributed by atoms with van der Waals surface area (Å²) < 4.78 is 12.7. The summed E-state index contributed by atoms with van der Waals surface area (Å²) in [6.07, 6.45) is 0.727. The fraction of sp³-hybridized carbons (Fsp3) is 0.333. The zero-order valence-corrected chi connectivity index (χ0v) is 21.1. The Kier molecular flexibility index (Phi) is 7.53. The van der Waals surface area contributed by atoms with E-state index in [1.807, 2.05) is 57.1 Å². The third kappa shape index (κ3) is 5.42. The number of hydrogen-bond donors (Lipinski definition) is 0. The lowest BCUT2D eigenvalue weighted by Gasteiger charge is -2.18. The molecule has 0 amide bonds. The zero-order chi connectivity index (χ0) is 24.3. The van der Waals surface area contributed by atoms with Crippen LogP contribution in [0.1, 0.15) is 38.1 Å². The van der Waals surface area contributed by atoms with Gasteiger partial charge in [-0.25, -0.2) is 9.78 Å². The van der Waals surface area contributed by atoms with Gasteiger partial charge in [-0.2, -0.15) is 9.78 Å². The highest BCUT2D eigenvalue weighted by molar-refractivity contribution is 9.10. The molecule has 0 N–H and O–H groups in total. The fourth-order valence-electron chi connectivity index (χ4n) is 3.19. The summed E-state index contributed by atoms with van der Waals surface area (Å²) in [6.45, 7) is 5.52. The van der Waals surface area contributed by atoms with Crippen LogP contribution in [-0.4, -0.2) is 49.2 Å². The van der Waals surface area contributed by atoms with Crippen molar-refractivity contribution in [3.8, 4) is 5.75 Å². The number of esters is 1. The van der Waals surface area contributed by atoms with Crippen LogP contribution in [0.2, 0.25) is 0 Å². The van der Waals surface area contributed by atoms with Gasteiger partial charge in [0.15, 0.2) is 6.10 Å². The van der Waals surface area contributed by atoms with Crippen molar-refractivity contribution >= 4 is 44.7 Å². The van der Waals surface area contributed by atoms with Gasteiger partial charge >= 0.3 is 5.97 Å². The highest BCUT2D eigenvalue weighted by Gasteiger charge is 2.18. The molecule has 0 bridgehead atoms. The number of nitrogens with zero attached hydrogens (tertiary/aromatic N) is 4. The van der Waals surface area contributed by atoms with Gasteiger partial charge in [-0.1, -0.05) is 29.8 Å². The Balaban J connectivity index is 2.12. The number of halogens is 1. The van der Waals surface area contributed by atoms with Crippen molar-refractivity contribution in [3.05, 3.63) is 62.6 Å². The number of anilines is 1. The molecule has 1 aromatic heterocycles. The van der Waals surface area contributed by atoms with E-state index >= 15 is 0 Å². The molecule has 8 nitrogen and oxygen atoms in total. The van der Waals surface area contributed by atoms with Gasteiger partial charge in [-0.15, -0.1) is 0 Å². The molecule has 0 radical (unpaired) electrons. The van der Waals surface area contributed by atoms with Gasteiger partial charge in [0.05, 0.1) is 24.2 Å². The van der Waals surface area contributed by atoms with E-state index in [0.717, 1.165) is 10.2 Å². The van der Waals surface area contributed by atoms with Gasteiger partial charge in [0.2, 0.25) is 0 Å². The Morgan fingerprint density at radius 3 is 2.55 bits per heavy atom. The molecule has 0 aliphatic carbocycles. The summed E-state index contributed by atoms with van der Waals surface area (Å²) in [5, 5.41) is 4.94. The minimum atomic E-state index is -0.812. The number of fused-ring (bicyclic) bond motifs is 1. The normalized spacial score (nSPS) is 12.4. The molecule has 9 heteroatoms. The molecule has 0 aliphatic heterocycles. The summed E-state index contributed by atoms with van der Waals surface area (Å²) in [7, 11) is 5.12. The minimum absolute atomic E-state index is 0.0333. The predicted octanol–water partition coefficient (Wildman–Crippen LogP) is 4.17. The number of rotatable bonds is 7. The Morgan fingerprint density at radius 1 is 1.18 bits per heavy atom. The van der Waals surface area contributed by atoms with Crippen molar-refractivity contribution in [2.24, 2.45) is 5.10 Å². The lowest BCUT2D eigenvalue weighted by molar-refractivity contribution is -0.147. The third-order valence-electron chi connectivity index (χ3n) is 5.01. The van der Waals surface area contributed by atoms with E-state index in [1.165, 1.54) is 18.0 Å². The van der Waals surface area contributed by atoms with Crippen molar-refractivity contribution < 1.29 is 14.3 Å². The van der Waals surface area contributed by atoms with E-state index < -0.39 is 12.1 Å². The van der Waals surface area contributed by atoms with Crippen molar-refractivity contribution in [3.63, 3.8) is 0 Å². The van der Waals surface area contributed by atoms with Gasteiger partial charge in [-0.05, 0) is 37.3 Å². The molecule has 3 rings (SSSR count). The van der Waals surface area contributed by atoms with E-state index in [1.54, 1.807) is 19.1 Å². The number of methoxy groups -OCH3 is 1. The van der Waals surface area contributed by atoms with E-state index in [-0.39, 0.29) is 11.5 Å². The van der Waals surface area contributed by atoms with Crippen LogP contribution in [0.3, 0.4) is 0 Å². The number of ether oxygens (including phenoxy) is 2. The second kappa shape index (κ2) is 10.2. The predicted molar refractivity (Wildman–Crippen MR) is 134 cm³/mol. The average molecular weight is 515 g/mol. The Bertz CT molecular complexity index is 1270. The van der Waals surface area contributed by atoms with Crippen LogP contribution >= 0.6 is 15.9 Å². The number of carbonyl (C=O) groups is 1. The van der Waals surface area contributed by atoms with E-state index in [2.05, 4.69) is 26.0 Å². The molecule has 1 atom stereocenters. The van der Waals surface area contributed by atoms with Gasteiger partial charge in [0.1, 0.15) is 11.6 Å². The van der Waals surface area contributed by atoms with Crippen LogP contribution in [0.25, 0.3) is 10.9 Å². The maximum absolute atomic E-state index is 13.3. The van der Waals surface area contributed by atoms with Gasteiger partial charge in [0.25, 0.3) is 5.56 Å². The first-order valence-corrected chi connectivity index (χ1v) is 11.2. The first-order chi connectivity index (χ1) is 15.6. The van der Waals surface area contributed by atoms with Crippen molar-refractivity contribution in [2.75, 3.05) is 26.1 Å². The topological polar surface area (TPSA) is 86.0 Å². The zero-order valence-electron chi connectivity index (χ0n) is 19.5. The molecule has 0 spiro atoms. The van der Waals surface area contributed by atoms with Crippen LogP contribution in [0, 0.1) is 0 Å². The summed E-state index contributed by atoms with van der Waals surface area (Å²) in [4.78, 5) is 31.7. The summed E-state index contributed by atoms with van der Waals surface area (Å²) in [5.74, 6) is 0.463. The highest BCUT2D eigenvalue weighted by atomic mass is 79.9. The van der Waals surface area contributed by atoms with E-state index in [0.29, 0.717) is 28.0 Å². The number of hydrogen-bond acceptors (Lipinski definition) is 7. The monoisotopic (exact) mass is 514 g/mol. The molecule has 174 valence electrons. The summed E-state index contributed by atoms with van der Waals surface area (Å²) in [6, 6.07) is 10.9. The van der Waals surface area contributed by atoms with Crippen LogP contribution < -0.4 is 15.2 Å². The van der Waals surface area contributed by atoms with Crippen LogP contribution in [0.5, 0.6) is 5.75 Å². The number of carbonyl (C=O) groups excluding carboxylic acids is 1. The molecule has 2 aromatic carbocycles. The molecule has 0 aliphatic rings. The Labute approximate surface area is 201 Å². The smallest absolute Gasteiger partial charge is 0.346 e. The van der Waals surface area contributed by atoms with E-state index in [9.17, 15) is 9.59 Å². The maximum atomic E-state index is 13.3. The quantitative estimate of drug-likeness (QED) is 0.347. The second-order valence-electron chi connectivity index (χ2n) is 8.05. The summed E-state index contributed by atoms with van der Waals surface area (Å²) >= 11 is 3.41. The van der Waals surface area contributed by atoms with Crippen molar-refractivity contribution in [2.45, 2.75) is 32.8 Å². The Morgan fingerprint density at radius 2 is 1.91 bits per heavy atom. The molecule has 3 aromatic rings. The molecular formula is C24H27BrN4O4. The van der Waals surface area contributed by atoms with Gasteiger partial charge < -0.3 is 14.4 Å². The highest BCUT2D eigenvalue weighted by Crippen LogP contribution is 2.25.